The van der Waals surface area contributed by atoms with E-state index in [4.69, 9.17) is 4.74 Å². The lowest BCUT2D eigenvalue weighted by molar-refractivity contribution is -0.140. The number of carbonyl (C=O) groups is 2. The summed E-state index contributed by atoms with van der Waals surface area (Å²) in [6, 6.07) is 16.0. The molecule has 1 saturated heterocycles. The number of Topliss-reactive ketones (excluding diaryl/α,β-unsaturated/α-hetero) is 1. The minimum atomic E-state index is -0.687. The number of pyridine rings is 1. The van der Waals surface area contributed by atoms with Gasteiger partial charge in [-0.3, -0.25) is 14.6 Å². The molecule has 1 unspecified atom stereocenters. The van der Waals surface area contributed by atoms with Gasteiger partial charge < -0.3 is 14.7 Å². The number of rotatable bonds is 4. The summed E-state index contributed by atoms with van der Waals surface area (Å²) in [7, 11) is 0. The highest BCUT2D eigenvalue weighted by Gasteiger charge is 2.46. The monoisotopic (exact) mass is 426 g/mol. The molecule has 3 heterocycles. The zero-order valence-electron chi connectivity index (χ0n) is 17.6. The number of ether oxygens (including phenoxy) is 1. The normalized spacial score (nSPS) is 19.2. The Hall–Kier alpha value is -3.93. The predicted molar refractivity (Wildman–Crippen MR) is 119 cm³/mol. The highest BCUT2D eigenvalue weighted by atomic mass is 16.5. The molecule has 0 radical (unpaired) electrons. The Bertz CT molecular complexity index is 1250. The Balaban J connectivity index is 1.65. The van der Waals surface area contributed by atoms with Crippen LogP contribution in [0.5, 0.6) is 5.75 Å². The molecule has 1 N–H and O–H groups in total. The maximum absolute atomic E-state index is 13.2. The van der Waals surface area contributed by atoms with Gasteiger partial charge >= 0.3 is 0 Å². The average Bonchev–Trinajstić information content (AvgIpc) is 3.37. The molecule has 5 rings (SSSR count). The van der Waals surface area contributed by atoms with E-state index in [1.165, 1.54) is 4.90 Å². The summed E-state index contributed by atoms with van der Waals surface area (Å²) >= 11 is 0. The Morgan fingerprint density at radius 3 is 2.72 bits per heavy atom. The molecular weight excluding hydrogens is 404 g/mol. The largest absolute Gasteiger partial charge is 0.507 e. The molecule has 2 aromatic carbocycles. The van der Waals surface area contributed by atoms with Gasteiger partial charge in [-0.15, -0.1) is 0 Å². The number of aryl methyl sites for hydroxylation is 1. The number of nitrogens with zero attached hydrogens (tertiary/aromatic N) is 2. The number of aliphatic hydroxyl groups is 1. The van der Waals surface area contributed by atoms with E-state index in [-0.39, 0.29) is 17.9 Å². The first-order valence-electron chi connectivity index (χ1n) is 10.5. The predicted octanol–water partition coefficient (Wildman–Crippen LogP) is 3.95. The Morgan fingerprint density at radius 1 is 1.12 bits per heavy atom. The van der Waals surface area contributed by atoms with Crippen LogP contribution in [0.1, 0.15) is 33.9 Å². The van der Waals surface area contributed by atoms with Crippen molar-refractivity contribution in [1.82, 2.24) is 9.88 Å². The van der Waals surface area contributed by atoms with Crippen LogP contribution in [0.15, 0.2) is 72.6 Å². The minimum Gasteiger partial charge on any atom is -0.507 e. The molecule has 0 bridgehead atoms. The van der Waals surface area contributed by atoms with Crippen LogP contribution in [0.25, 0.3) is 5.76 Å². The summed E-state index contributed by atoms with van der Waals surface area (Å²) in [6.45, 7) is 2.79. The van der Waals surface area contributed by atoms with E-state index in [9.17, 15) is 14.7 Å². The van der Waals surface area contributed by atoms with Crippen LogP contribution in [0, 0.1) is 6.92 Å². The molecule has 0 spiro atoms. The summed E-state index contributed by atoms with van der Waals surface area (Å²) in [5, 5.41) is 11.3. The number of fused-ring (bicyclic) bond motifs is 1. The Kier molecular flexibility index (Phi) is 4.98. The molecule has 160 valence electrons. The van der Waals surface area contributed by atoms with Crippen molar-refractivity contribution in [2.24, 2.45) is 0 Å². The van der Waals surface area contributed by atoms with Crippen molar-refractivity contribution in [2.45, 2.75) is 25.9 Å². The summed E-state index contributed by atoms with van der Waals surface area (Å²) in [4.78, 5) is 31.8. The van der Waals surface area contributed by atoms with Crippen LogP contribution < -0.4 is 4.74 Å². The lowest BCUT2D eigenvalue weighted by Gasteiger charge is -2.25. The smallest absolute Gasteiger partial charge is 0.295 e. The number of hydrogen-bond acceptors (Lipinski definition) is 5. The lowest BCUT2D eigenvalue weighted by Crippen LogP contribution is -2.29. The summed E-state index contributed by atoms with van der Waals surface area (Å²) in [6.07, 6.45) is 4.05. The molecule has 1 amide bonds. The van der Waals surface area contributed by atoms with Crippen LogP contribution in [0.4, 0.5) is 0 Å². The molecule has 6 nitrogen and oxygen atoms in total. The highest BCUT2D eigenvalue weighted by molar-refractivity contribution is 6.46. The molecule has 0 aliphatic carbocycles. The maximum Gasteiger partial charge on any atom is 0.295 e. The molecule has 1 fully saturated rings. The summed E-state index contributed by atoms with van der Waals surface area (Å²) in [5.41, 5.74) is 4.24. The fraction of sp³-hybridized carbons (Fsp3) is 0.192. The van der Waals surface area contributed by atoms with E-state index < -0.39 is 17.7 Å². The number of likely N-dealkylation sites (tertiary alicyclic amines) is 1. The minimum absolute atomic E-state index is 0.105. The summed E-state index contributed by atoms with van der Waals surface area (Å²) < 4.78 is 5.55. The Labute approximate surface area is 185 Å². The third kappa shape index (κ3) is 3.43. The number of aliphatic hydroxyl groups excluding tert-OH is 1. The van der Waals surface area contributed by atoms with Gasteiger partial charge in [0.25, 0.3) is 11.7 Å². The zero-order valence-corrected chi connectivity index (χ0v) is 17.6. The zero-order chi connectivity index (χ0) is 22.2. The molecule has 2 aliphatic rings. The Morgan fingerprint density at radius 2 is 1.94 bits per heavy atom. The van der Waals surface area contributed by atoms with Crippen molar-refractivity contribution in [3.05, 3.63) is 100 Å². The quantitative estimate of drug-likeness (QED) is 0.388. The standard InChI is InChI=1S/C26H22N2O4/c1-16-3-2-4-19(13-16)23-22(24(29)20-5-6-21-18(14-20)9-12-32-21)25(30)26(31)28(23)15-17-7-10-27-11-8-17/h2-8,10-11,13-14,23,29H,9,12,15H2,1H3/b24-22-. The van der Waals surface area contributed by atoms with Gasteiger partial charge in [0, 0.05) is 30.9 Å². The number of ketones is 1. The van der Waals surface area contributed by atoms with Gasteiger partial charge in [0.15, 0.2) is 0 Å². The molecule has 0 saturated carbocycles. The van der Waals surface area contributed by atoms with E-state index in [0.717, 1.165) is 34.4 Å². The van der Waals surface area contributed by atoms with Crippen LogP contribution in [-0.4, -0.2) is 33.3 Å². The van der Waals surface area contributed by atoms with Gasteiger partial charge in [-0.2, -0.15) is 0 Å². The van der Waals surface area contributed by atoms with Gasteiger partial charge in [0.1, 0.15) is 11.5 Å². The van der Waals surface area contributed by atoms with E-state index in [2.05, 4.69) is 4.98 Å². The van der Waals surface area contributed by atoms with E-state index in [1.807, 2.05) is 49.4 Å². The third-order valence-electron chi connectivity index (χ3n) is 5.96. The molecule has 3 aromatic rings. The van der Waals surface area contributed by atoms with Crippen LogP contribution >= 0.6 is 0 Å². The number of benzene rings is 2. The van der Waals surface area contributed by atoms with Crippen LogP contribution in [-0.2, 0) is 22.6 Å². The number of hydrogen-bond donors (Lipinski definition) is 1. The van der Waals surface area contributed by atoms with Crippen molar-refractivity contribution >= 4 is 17.4 Å². The molecule has 2 aliphatic heterocycles. The van der Waals surface area contributed by atoms with E-state index in [0.29, 0.717) is 12.2 Å². The molecule has 32 heavy (non-hydrogen) atoms. The molecule has 6 heteroatoms. The fourth-order valence-electron chi connectivity index (χ4n) is 4.40. The third-order valence-corrected chi connectivity index (χ3v) is 5.96. The van der Waals surface area contributed by atoms with Crippen molar-refractivity contribution in [2.75, 3.05) is 6.61 Å². The SMILES string of the molecule is Cc1cccc(C2/C(=C(/O)c3ccc4c(c3)CCO4)C(=O)C(=O)N2Cc2ccncc2)c1. The second kappa shape index (κ2) is 7.96. The lowest BCUT2D eigenvalue weighted by atomic mass is 9.93. The van der Waals surface area contributed by atoms with Crippen molar-refractivity contribution in [3.8, 4) is 5.75 Å². The molecule has 1 aromatic heterocycles. The van der Waals surface area contributed by atoms with Gasteiger partial charge in [0.05, 0.1) is 18.2 Å². The molecule has 1 atom stereocenters. The van der Waals surface area contributed by atoms with Gasteiger partial charge in [-0.1, -0.05) is 29.8 Å². The van der Waals surface area contributed by atoms with Crippen LogP contribution in [0.2, 0.25) is 0 Å². The summed E-state index contributed by atoms with van der Waals surface area (Å²) in [5.74, 6) is -0.684. The number of amides is 1. The number of carbonyl (C=O) groups excluding carboxylic acids is 2. The highest BCUT2D eigenvalue weighted by Crippen LogP contribution is 2.41. The van der Waals surface area contributed by atoms with Crippen LogP contribution in [0.3, 0.4) is 0 Å². The maximum atomic E-state index is 13.2. The second-order valence-electron chi connectivity index (χ2n) is 8.12. The van der Waals surface area contributed by atoms with E-state index >= 15 is 0 Å². The fourth-order valence-corrected chi connectivity index (χ4v) is 4.40. The molecular formula is C26H22N2O4. The number of aromatic nitrogens is 1. The van der Waals surface area contributed by atoms with Crippen molar-refractivity contribution in [1.29, 1.82) is 0 Å². The van der Waals surface area contributed by atoms with Crippen molar-refractivity contribution in [3.63, 3.8) is 0 Å². The topological polar surface area (TPSA) is 79.7 Å². The first-order chi connectivity index (χ1) is 15.5. The first-order valence-corrected chi connectivity index (χ1v) is 10.5. The van der Waals surface area contributed by atoms with Gasteiger partial charge in [0.2, 0.25) is 0 Å². The first kappa shape index (κ1) is 20.0. The van der Waals surface area contributed by atoms with Gasteiger partial charge in [-0.05, 0) is 53.9 Å². The van der Waals surface area contributed by atoms with Gasteiger partial charge in [-0.25, -0.2) is 0 Å². The second-order valence-corrected chi connectivity index (χ2v) is 8.12. The average molecular weight is 426 g/mol. The van der Waals surface area contributed by atoms with Crippen molar-refractivity contribution < 1.29 is 19.4 Å². The van der Waals surface area contributed by atoms with E-state index in [1.54, 1.807) is 24.5 Å².